The summed E-state index contributed by atoms with van der Waals surface area (Å²) in [5.41, 5.74) is 4.26. The molecule has 0 aliphatic heterocycles. The summed E-state index contributed by atoms with van der Waals surface area (Å²) in [6, 6.07) is 19.5. The molecular formula is C15H11F2Zr. The Labute approximate surface area is 120 Å². The molecule has 0 aromatic heterocycles. The van der Waals surface area contributed by atoms with Crippen LogP contribution in [-0.2, 0) is 24.7 Å². The summed E-state index contributed by atoms with van der Waals surface area (Å²) >= 11 is 1.52. The van der Waals surface area contributed by atoms with Crippen molar-refractivity contribution >= 4 is 6.08 Å². The molecule has 0 bridgehead atoms. The summed E-state index contributed by atoms with van der Waals surface area (Å²) in [6.45, 7) is 0. The molecule has 3 rings (SSSR count). The van der Waals surface area contributed by atoms with Crippen LogP contribution in [0, 0.1) is 0 Å². The summed E-state index contributed by atoms with van der Waals surface area (Å²) in [5.74, 6) is 0.496. The Bertz CT molecular complexity index is 549. The molecule has 18 heavy (non-hydrogen) atoms. The summed E-state index contributed by atoms with van der Waals surface area (Å²) in [4.78, 5) is 0. The summed E-state index contributed by atoms with van der Waals surface area (Å²) in [7, 11) is 0. The number of benzene rings is 2. The normalized spacial score (nSPS) is 16.1. The van der Waals surface area contributed by atoms with Crippen LogP contribution >= 0.6 is 0 Å². The van der Waals surface area contributed by atoms with Gasteiger partial charge in [-0.05, 0) is 0 Å². The Morgan fingerprint density at radius 3 is 2.11 bits per heavy atom. The molecule has 0 N–H and O–H groups in total. The maximum atomic E-state index is 2.34. The fraction of sp³-hybridized carbons (Fsp3) is 0.0667. The summed E-state index contributed by atoms with van der Waals surface area (Å²) in [5, 5.41) is 0. The van der Waals surface area contributed by atoms with Gasteiger partial charge >= 0.3 is 111 Å². The molecule has 1 aliphatic rings. The van der Waals surface area contributed by atoms with Gasteiger partial charge in [0.15, 0.2) is 0 Å². The van der Waals surface area contributed by atoms with Crippen LogP contribution in [0.25, 0.3) is 6.08 Å². The fourth-order valence-electron chi connectivity index (χ4n) is 2.33. The molecule has 0 saturated heterocycles. The molecule has 0 radical (unpaired) electrons. The predicted octanol–water partition coefficient (Wildman–Crippen LogP) is -2.27. The molecule has 0 heterocycles. The third-order valence-electron chi connectivity index (χ3n) is 3.06. The van der Waals surface area contributed by atoms with Crippen molar-refractivity contribution in [3.63, 3.8) is 0 Å². The molecule has 0 saturated carbocycles. The van der Waals surface area contributed by atoms with Crippen molar-refractivity contribution in [2.24, 2.45) is 0 Å². The van der Waals surface area contributed by atoms with Crippen molar-refractivity contribution in [1.82, 2.24) is 0 Å². The van der Waals surface area contributed by atoms with E-state index in [4.69, 9.17) is 0 Å². The van der Waals surface area contributed by atoms with Crippen molar-refractivity contribution in [1.29, 1.82) is 0 Å². The first-order valence-electron chi connectivity index (χ1n) is 5.43. The SMILES string of the molecule is [F-].[F-].[Zr+2][C]1=Cc2ccccc2C1c1ccccc1. The Kier molecular flexibility index (Phi) is 5.16. The third kappa shape index (κ3) is 2.51. The molecule has 0 fully saturated rings. The predicted molar refractivity (Wildman–Crippen MR) is 62.7 cm³/mol. The molecule has 2 aromatic rings. The number of rotatable bonds is 1. The average molecular weight is 320 g/mol. The topological polar surface area (TPSA) is 0 Å². The van der Waals surface area contributed by atoms with E-state index in [1.54, 1.807) is 0 Å². The van der Waals surface area contributed by atoms with E-state index in [2.05, 4.69) is 60.7 Å². The van der Waals surface area contributed by atoms with Gasteiger partial charge in [0.1, 0.15) is 0 Å². The van der Waals surface area contributed by atoms with E-state index in [9.17, 15) is 0 Å². The van der Waals surface area contributed by atoms with E-state index in [0.717, 1.165) is 0 Å². The molecule has 0 nitrogen and oxygen atoms in total. The van der Waals surface area contributed by atoms with Gasteiger partial charge in [0.05, 0.1) is 0 Å². The van der Waals surface area contributed by atoms with Crippen LogP contribution in [-0.4, -0.2) is 0 Å². The second kappa shape index (κ2) is 6.20. The maximum absolute atomic E-state index is 2.34. The average Bonchev–Trinajstić information content (AvgIpc) is 2.66. The van der Waals surface area contributed by atoms with Gasteiger partial charge in [0.25, 0.3) is 0 Å². The van der Waals surface area contributed by atoms with E-state index in [1.165, 1.54) is 44.7 Å². The van der Waals surface area contributed by atoms with Gasteiger partial charge < -0.3 is 9.41 Å². The number of hydrogen-bond acceptors (Lipinski definition) is 0. The minimum absolute atomic E-state index is 0. The van der Waals surface area contributed by atoms with Gasteiger partial charge in [-0.15, -0.1) is 0 Å². The summed E-state index contributed by atoms with van der Waals surface area (Å²) < 4.78 is 1.53. The standard InChI is InChI=1S/C15H11.2FH.Zr/c1-2-6-12(7-3-1)15-11-10-13-8-4-5-9-14(13)15;;;/h1-10,15H;2*1H;/q;;;+2/p-2. The minimum atomic E-state index is 0. The van der Waals surface area contributed by atoms with Crippen LogP contribution in [0.5, 0.6) is 0 Å². The molecule has 0 spiro atoms. The number of halogens is 2. The molecule has 1 atom stereocenters. The molecule has 2 aromatic carbocycles. The first-order chi connectivity index (χ1) is 7.86. The molecule has 3 heteroatoms. The Balaban J connectivity index is 0.000000810. The van der Waals surface area contributed by atoms with E-state index >= 15 is 0 Å². The second-order valence-corrected chi connectivity index (χ2v) is 5.49. The Morgan fingerprint density at radius 2 is 1.39 bits per heavy atom. The Morgan fingerprint density at radius 1 is 0.778 bits per heavy atom. The van der Waals surface area contributed by atoms with E-state index in [-0.39, 0.29) is 9.41 Å². The van der Waals surface area contributed by atoms with Gasteiger partial charge in [-0.3, -0.25) is 0 Å². The van der Waals surface area contributed by atoms with Crippen molar-refractivity contribution in [2.75, 3.05) is 0 Å². The zero-order valence-corrected chi connectivity index (χ0v) is 12.1. The van der Waals surface area contributed by atoms with E-state index in [0.29, 0.717) is 5.92 Å². The van der Waals surface area contributed by atoms with Crippen molar-refractivity contribution in [3.8, 4) is 0 Å². The van der Waals surface area contributed by atoms with E-state index in [1.807, 2.05) is 0 Å². The molecule has 0 amide bonds. The van der Waals surface area contributed by atoms with Gasteiger partial charge in [0.2, 0.25) is 0 Å². The van der Waals surface area contributed by atoms with Crippen LogP contribution in [0.4, 0.5) is 0 Å². The van der Waals surface area contributed by atoms with Crippen LogP contribution in [0.2, 0.25) is 0 Å². The first kappa shape index (κ1) is 15.0. The monoisotopic (exact) mass is 319 g/mol. The molecule has 1 aliphatic carbocycles. The van der Waals surface area contributed by atoms with Gasteiger partial charge in [0, 0.05) is 0 Å². The quantitative estimate of drug-likeness (QED) is 0.556. The molecular weight excluding hydrogens is 309 g/mol. The summed E-state index contributed by atoms with van der Waals surface area (Å²) in [6.07, 6.45) is 2.34. The van der Waals surface area contributed by atoms with E-state index < -0.39 is 0 Å². The van der Waals surface area contributed by atoms with Gasteiger partial charge in [-0.2, -0.15) is 0 Å². The van der Waals surface area contributed by atoms with Crippen molar-refractivity contribution < 1.29 is 34.1 Å². The van der Waals surface area contributed by atoms with Crippen LogP contribution in [0.1, 0.15) is 22.6 Å². The van der Waals surface area contributed by atoms with Gasteiger partial charge in [-0.1, -0.05) is 0 Å². The Hall–Kier alpha value is -1.08. The number of hydrogen-bond donors (Lipinski definition) is 0. The van der Waals surface area contributed by atoms with Crippen LogP contribution in [0.15, 0.2) is 57.9 Å². The zero-order chi connectivity index (χ0) is 11.0. The van der Waals surface area contributed by atoms with Crippen molar-refractivity contribution in [2.45, 2.75) is 5.92 Å². The first-order valence-corrected chi connectivity index (χ1v) is 6.66. The molecule has 1 unspecified atom stereocenters. The number of fused-ring (bicyclic) bond motifs is 1. The molecule has 89 valence electrons. The number of allylic oxidation sites excluding steroid dienone is 1. The third-order valence-corrected chi connectivity index (χ3v) is 4.13. The second-order valence-electron chi connectivity index (χ2n) is 4.07. The van der Waals surface area contributed by atoms with Gasteiger partial charge in [-0.25, -0.2) is 0 Å². The van der Waals surface area contributed by atoms with Crippen LogP contribution < -0.4 is 9.41 Å². The van der Waals surface area contributed by atoms with Crippen molar-refractivity contribution in [3.05, 3.63) is 74.6 Å². The van der Waals surface area contributed by atoms with Crippen LogP contribution in [0.3, 0.4) is 0 Å². The fourth-order valence-corrected chi connectivity index (χ4v) is 3.50. The zero-order valence-electron chi connectivity index (χ0n) is 9.61.